The van der Waals surface area contributed by atoms with E-state index in [1.807, 2.05) is 6.92 Å². The van der Waals surface area contributed by atoms with Crippen LogP contribution < -0.4 is 15.8 Å². The van der Waals surface area contributed by atoms with E-state index in [1.54, 1.807) is 18.3 Å². The SMILES string of the molecule is CC1(N)CCCCC1C(=O)NCCOc1ncccc1Cl.Cl.Cl. The predicted octanol–water partition coefficient (Wildman–Crippen LogP) is 2.98. The number of nitrogens with zero attached hydrogens (tertiary/aromatic N) is 1. The average molecular weight is 385 g/mol. The molecule has 2 atom stereocenters. The summed E-state index contributed by atoms with van der Waals surface area (Å²) in [6, 6.07) is 3.45. The van der Waals surface area contributed by atoms with Crippen LogP contribution in [-0.2, 0) is 4.79 Å². The topological polar surface area (TPSA) is 77.2 Å². The van der Waals surface area contributed by atoms with Crippen LogP contribution in [0.3, 0.4) is 0 Å². The van der Waals surface area contributed by atoms with Crippen LogP contribution in [0.25, 0.3) is 0 Å². The molecule has 3 N–H and O–H groups in total. The Morgan fingerprint density at radius 1 is 1.52 bits per heavy atom. The second-order valence-corrected chi connectivity index (χ2v) is 6.14. The van der Waals surface area contributed by atoms with E-state index < -0.39 is 5.54 Å². The fraction of sp³-hybridized carbons (Fsp3) is 0.600. The van der Waals surface area contributed by atoms with Gasteiger partial charge in [0.1, 0.15) is 11.6 Å². The molecule has 2 rings (SSSR count). The Bertz CT molecular complexity index is 501. The van der Waals surface area contributed by atoms with Crippen LogP contribution in [0.2, 0.25) is 5.02 Å². The van der Waals surface area contributed by atoms with E-state index in [4.69, 9.17) is 22.1 Å². The molecule has 0 bridgehead atoms. The van der Waals surface area contributed by atoms with Crippen molar-refractivity contribution in [3.63, 3.8) is 0 Å². The van der Waals surface area contributed by atoms with E-state index in [0.29, 0.717) is 24.1 Å². The molecule has 0 spiro atoms. The lowest BCUT2D eigenvalue weighted by atomic mass is 9.74. The van der Waals surface area contributed by atoms with Crippen molar-refractivity contribution in [1.29, 1.82) is 0 Å². The minimum atomic E-state index is -0.409. The summed E-state index contributed by atoms with van der Waals surface area (Å²) in [6.45, 7) is 2.70. The number of carbonyl (C=O) groups is 1. The Kier molecular flexibility index (Phi) is 9.85. The first-order valence-corrected chi connectivity index (χ1v) is 7.68. The summed E-state index contributed by atoms with van der Waals surface area (Å²) in [5, 5.41) is 3.35. The summed E-state index contributed by atoms with van der Waals surface area (Å²) in [5.41, 5.74) is 5.81. The fourth-order valence-corrected chi connectivity index (χ4v) is 2.89. The van der Waals surface area contributed by atoms with Gasteiger partial charge < -0.3 is 15.8 Å². The van der Waals surface area contributed by atoms with Gasteiger partial charge >= 0.3 is 0 Å². The number of hydrogen-bond donors (Lipinski definition) is 2. The van der Waals surface area contributed by atoms with Gasteiger partial charge in [-0.3, -0.25) is 4.79 Å². The summed E-state index contributed by atoms with van der Waals surface area (Å²) in [7, 11) is 0. The largest absolute Gasteiger partial charge is 0.475 e. The molecule has 5 nitrogen and oxygen atoms in total. The third kappa shape index (κ3) is 6.34. The van der Waals surface area contributed by atoms with Crippen LogP contribution in [0.5, 0.6) is 5.88 Å². The Morgan fingerprint density at radius 2 is 2.26 bits per heavy atom. The molecule has 1 saturated carbocycles. The lowest BCUT2D eigenvalue weighted by molar-refractivity contribution is -0.128. The normalized spacial score (nSPS) is 23.2. The van der Waals surface area contributed by atoms with Gasteiger partial charge in [-0.25, -0.2) is 4.98 Å². The Labute approximate surface area is 154 Å². The molecule has 1 aromatic heterocycles. The van der Waals surface area contributed by atoms with Gasteiger partial charge in [0, 0.05) is 11.7 Å². The van der Waals surface area contributed by atoms with Crippen molar-refractivity contribution in [3.05, 3.63) is 23.4 Å². The lowest BCUT2D eigenvalue weighted by Crippen LogP contribution is -2.53. The third-order valence-corrected chi connectivity index (χ3v) is 4.22. The van der Waals surface area contributed by atoms with E-state index >= 15 is 0 Å². The maximum Gasteiger partial charge on any atom is 0.232 e. The van der Waals surface area contributed by atoms with Crippen LogP contribution in [0.4, 0.5) is 0 Å². The number of ether oxygens (including phenoxy) is 1. The van der Waals surface area contributed by atoms with Gasteiger partial charge in [0.2, 0.25) is 11.8 Å². The van der Waals surface area contributed by atoms with Gasteiger partial charge in [-0.1, -0.05) is 24.4 Å². The molecule has 2 unspecified atom stereocenters. The van der Waals surface area contributed by atoms with Crippen molar-refractivity contribution in [2.75, 3.05) is 13.2 Å². The summed E-state index contributed by atoms with van der Waals surface area (Å²) in [5.74, 6) is 0.273. The van der Waals surface area contributed by atoms with Crippen molar-refractivity contribution in [2.24, 2.45) is 11.7 Å². The van der Waals surface area contributed by atoms with Crippen LogP contribution in [0, 0.1) is 5.92 Å². The number of pyridine rings is 1. The maximum absolute atomic E-state index is 12.2. The Balaban J connectivity index is 0.00000242. The smallest absolute Gasteiger partial charge is 0.232 e. The van der Waals surface area contributed by atoms with Crippen molar-refractivity contribution >= 4 is 42.3 Å². The molecule has 1 fully saturated rings. The van der Waals surface area contributed by atoms with Gasteiger partial charge in [0.05, 0.1) is 12.5 Å². The Morgan fingerprint density at radius 3 is 2.91 bits per heavy atom. The predicted molar refractivity (Wildman–Crippen MR) is 96.8 cm³/mol. The number of rotatable bonds is 5. The number of nitrogens with one attached hydrogen (secondary N) is 1. The first-order valence-electron chi connectivity index (χ1n) is 7.30. The standard InChI is InChI=1S/C15H22ClN3O2.2ClH/c1-15(17)7-3-2-5-11(15)13(20)18-9-10-21-14-12(16)6-4-8-19-14;;/h4,6,8,11H,2-3,5,7,9-10,17H2,1H3,(H,18,20);2*1H. The second-order valence-electron chi connectivity index (χ2n) is 5.73. The summed E-state index contributed by atoms with van der Waals surface area (Å²) >= 11 is 5.93. The first-order chi connectivity index (χ1) is 10.0. The molecule has 23 heavy (non-hydrogen) atoms. The quantitative estimate of drug-likeness (QED) is 0.765. The van der Waals surface area contributed by atoms with E-state index in [9.17, 15) is 4.79 Å². The Hall–Kier alpha value is -0.750. The molecular weight excluding hydrogens is 361 g/mol. The van der Waals surface area contributed by atoms with Gasteiger partial charge in [-0.05, 0) is 31.9 Å². The molecule has 1 heterocycles. The zero-order valence-corrected chi connectivity index (χ0v) is 15.5. The highest BCUT2D eigenvalue weighted by Gasteiger charge is 2.37. The number of halogens is 3. The molecule has 132 valence electrons. The summed E-state index contributed by atoms with van der Waals surface area (Å²) in [4.78, 5) is 16.2. The zero-order chi connectivity index (χ0) is 15.3. The van der Waals surface area contributed by atoms with Crippen LogP contribution >= 0.6 is 36.4 Å². The molecule has 0 radical (unpaired) electrons. The molecular formula is C15H24Cl3N3O2. The zero-order valence-electron chi connectivity index (χ0n) is 13.1. The second kappa shape index (κ2) is 10.2. The minimum absolute atomic E-state index is 0. The van der Waals surface area contributed by atoms with Crippen LogP contribution in [-0.4, -0.2) is 29.6 Å². The molecule has 1 aliphatic rings. The van der Waals surface area contributed by atoms with E-state index in [2.05, 4.69) is 10.3 Å². The lowest BCUT2D eigenvalue weighted by Gasteiger charge is -2.37. The molecule has 0 aliphatic heterocycles. The minimum Gasteiger partial charge on any atom is -0.475 e. The molecule has 0 saturated heterocycles. The molecule has 1 aliphatic carbocycles. The van der Waals surface area contributed by atoms with Crippen molar-refractivity contribution in [2.45, 2.75) is 38.1 Å². The number of nitrogens with two attached hydrogens (primary N) is 1. The molecule has 0 aromatic carbocycles. The van der Waals surface area contributed by atoms with E-state index in [-0.39, 0.29) is 36.6 Å². The molecule has 1 amide bonds. The fourth-order valence-electron chi connectivity index (χ4n) is 2.71. The molecule has 8 heteroatoms. The van der Waals surface area contributed by atoms with Gasteiger partial charge in [-0.15, -0.1) is 24.8 Å². The highest BCUT2D eigenvalue weighted by Crippen LogP contribution is 2.31. The van der Waals surface area contributed by atoms with Gasteiger partial charge in [0.15, 0.2) is 0 Å². The van der Waals surface area contributed by atoms with Gasteiger partial charge in [0.25, 0.3) is 0 Å². The first kappa shape index (κ1) is 22.2. The highest BCUT2D eigenvalue weighted by molar-refractivity contribution is 6.31. The number of hydrogen-bond acceptors (Lipinski definition) is 4. The van der Waals surface area contributed by atoms with Crippen molar-refractivity contribution in [1.82, 2.24) is 10.3 Å². The summed E-state index contributed by atoms with van der Waals surface area (Å²) in [6.07, 6.45) is 5.52. The monoisotopic (exact) mass is 383 g/mol. The number of aromatic nitrogens is 1. The number of amides is 1. The highest BCUT2D eigenvalue weighted by atomic mass is 35.5. The number of carbonyl (C=O) groups excluding carboxylic acids is 1. The maximum atomic E-state index is 12.2. The van der Waals surface area contributed by atoms with E-state index in [1.165, 1.54) is 0 Å². The summed E-state index contributed by atoms with van der Waals surface area (Å²) < 4.78 is 5.44. The van der Waals surface area contributed by atoms with Crippen LogP contribution in [0.1, 0.15) is 32.6 Å². The van der Waals surface area contributed by atoms with E-state index in [0.717, 1.165) is 25.7 Å². The van der Waals surface area contributed by atoms with Crippen molar-refractivity contribution < 1.29 is 9.53 Å². The van der Waals surface area contributed by atoms with Gasteiger partial charge in [-0.2, -0.15) is 0 Å². The van der Waals surface area contributed by atoms with Crippen LogP contribution in [0.15, 0.2) is 18.3 Å². The third-order valence-electron chi connectivity index (χ3n) is 3.94. The van der Waals surface area contributed by atoms with Crippen molar-refractivity contribution in [3.8, 4) is 5.88 Å². The average Bonchev–Trinajstić information content (AvgIpc) is 2.44. The molecule has 1 aromatic rings.